The summed E-state index contributed by atoms with van der Waals surface area (Å²) in [5.74, 6) is -0.425. The third-order valence-corrected chi connectivity index (χ3v) is 5.73. The second-order valence-corrected chi connectivity index (χ2v) is 7.76. The van der Waals surface area contributed by atoms with E-state index in [2.05, 4.69) is 10.4 Å². The number of nitrogens with one attached hydrogen (secondary N) is 2. The van der Waals surface area contributed by atoms with Gasteiger partial charge in [-0.15, -0.1) is 0 Å². The van der Waals surface area contributed by atoms with Gasteiger partial charge in [-0.2, -0.15) is 0 Å². The lowest BCUT2D eigenvalue weighted by Crippen LogP contribution is -2.35. The number of fused-ring (bicyclic) bond motifs is 1. The number of aromatic amines is 1. The number of aryl methyl sites for hydroxylation is 1. The van der Waals surface area contributed by atoms with Crippen LogP contribution >= 0.6 is 0 Å². The molecule has 3 N–H and O–H groups in total. The largest absolute Gasteiger partial charge is 0.506 e. The molecular weight excluding hydrogens is 402 g/mol. The van der Waals surface area contributed by atoms with Crippen molar-refractivity contribution in [2.24, 2.45) is 0 Å². The third-order valence-electron chi connectivity index (χ3n) is 5.73. The molecule has 1 aliphatic rings. The van der Waals surface area contributed by atoms with Crippen molar-refractivity contribution in [1.29, 1.82) is 0 Å². The number of aromatic nitrogens is 1. The van der Waals surface area contributed by atoms with Crippen molar-refractivity contribution < 1.29 is 9.90 Å². The second-order valence-electron chi connectivity index (χ2n) is 7.76. The van der Waals surface area contributed by atoms with Gasteiger partial charge in [-0.1, -0.05) is 60.7 Å². The van der Waals surface area contributed by atoms with Gasteiger partial charge in [0.05, 0.1) is 22.8 Å². The Labute approximate surface area is 184 Å². The Bertz CT molecular complexity index is 1410. The van der Waals surface area contributed by atoms with E-state index in [0.717, 1.165) is 11.1 Å². The van der Waals surface area contributed by atoms with Crippen molar-refractivity contribution in [2.45, 2.75) is 13.0 Å². The minimum absolute atomic E-state index is 0.0593. The Kier molecular flexibility index (Phi) is 4.84. The SMILES string of the molecule is Cc1cccc2c(O)c(/C=C3/C(=O)N(c4ccccc4)N[C@@H]3c3ccccc3)c(=O)[nH]c12. The number of H-pyrrole nitrogens is 1. The number of nitrogens with zero attached hydrogens (tertiary/aromatic N) is 1. The van der Waals surface area contributed by atoms with Crippen LogP contribution in [0.15, 0.2) is 89.2 Å². The molecule has 1 saturated heterocycles. The Morgan fingerprint density at radius 3 is 2.31 bits per heavy atom. The summed E-state index contributed by atoms with van der Waals surface area (Å²) in [6.07, 6.45) is 1.49. The van der Waals surface area contributed by atoms with Crippen molar-refractivity contribution in [2.75, 3.05) is 5.01 Å². The maximum absolute atomic E-state index is 13.4. The summed E-state index contributed by atoms with van der Waals surface area (Å²) in [5.41, 5.74) is 6.22. The summed E-state index contributed by atoms with van der Waals surface area (Å²) in [4.78, 5) is 29.2. The number of amides is 1. The van der Waals surface area contributed by atoms with Crippen LogP contribution in [0.5, 0.6) is 5.75 Å². The average molecular weight is 423 g/mol. The molecule has 4 aromatic rings. The number of carbonyl (C=O) groups is 1. The van der Waals surface area contributed by atoms with E-state index >= 15 is 0 Å². The number of aromatic hydroxyl groups is 1. The Morgan fingerprint density at radius 2 is 1.59 bits per heavy atom. The molecule has 0 aliphatic carbocycles. The van der Waals surface area contributed by atoms with E-state index in [0.29, 0.717) is 22.2 Å². The average Bonchev–Trinajstić information content (AvgIpc) is 3.14. The third kappa shape index (κ3) is 3.27. The monoisotopic (exact) mass is 423 g/mol. The highest BCUT2D eigenvalue weighted by molar-refractivity contribution is 6.11. The maximum Gasteiger partial charge on any atom is 0.270 e. The van der Waals surface area contributed by atoms with Crippen LogP contribution in [0.4, 0.5) is 5.69 Å². The molecular formula is C26H21N3O3. The smallest absolute Gasteiger partial charge is 0.270 e. The van der Waals surface area contributed by atoms with Crippen molar-refractivity contribution >= 4 is 28.6 Å². The fraction of sp³-hybridized carbons (Fsp3) is 0.0769. The number of pyridine rings is 1. The molecule has 1 fully saturated rings. The number of benzene rings is 3. The molecule has 0 bridgehead atoms. The predicted molar refractivity (Wildman–Crippen MR) is 125 cm³/mol. The van der Waals surface area contributed by atoms with E-state index in [-0.39, 0.29) is 17.2 Å². The molecule has 2 heterocycles. The van der Waals surface area contributed by atoms with Crippen LogP contribution in [-0.4, -0.2) is 16.0 Å². The number of carbonyl (C=O) groups excluding carboxylic acids is 1. The predicted octanol–water partition coefficient (Wildman–Crippen LogP) is 4.22. The van der Waals surface area contributed by atoms with Gasteiger partial charge in [0.25, 0.3) is 11.5 Å². The van der Waals surface area contributed by atoms with Gasteiger partial charge in [-0.3, -0.25) is 9.59 Å². The number of rotatable bonds is 3. The Balaban J connectivity index is 1.69. The van der Waals surface area contributed by atoms with Gasteiger partial charge in [-0.05, 0) is 42.3 Å². The molecule has 5 rings (SSSR count). The second kappa shape index (κ2) is 7.83. The van der Waals surface area contributed by atoms with Crippen LogP contribution < -0.4 is 16.0 Å². The molecule has 1 aromatic heterocycles. The van der Waals surface area contributed by atoms with E-state index in [1.165, 1.54) is 11.1 Å². The topological polar surface area (TPSA) is 85.4 Å². The lowest BCUT2D eigenvalue weighted by Gasteiger charge is -2.17. The van der Waals surface area contributed by atoms with Crippen LogP contribution in [-0.2, 0) is 4.79 Å². The van der Waals surface area contributed by atoms with Gasteiger partial charge in [-0.25, -0.2) is 10.4 Å². The quantitative estimate of drug-likeness (QED) is 0.431. The number of hydrogen-bond donors (Lipinski definition) is 3. The van der Waals surface area contributed by atoms with Crippen molar-refractivity contribution in [1.82, 2.24) is 10.4 Å². The van der Waals surface area contributed by atoms with Gasteiger partial charge in [0.2, 0.25) is 0 Å². The summed E-state index contributed by atoms with van der Waals surface area (Å²) in [6, 6.07) is 23.7. The highest BCUT2D eigenvalue weighted by atomic mass is 16.3. The lowest BCUT2D eigenvalue weighted by molar-refractivity contribution is -0.114. The number of hydrazine groups is 1. The van der Waals surface area contributed by atoms with E-state index < -0.39 is 11.6 Å². The molecule has 0 unspecified atom stereocenters. The Morgan fingerprint density at radius 1 is 0.906 bits per heavy atom. The zero-order valence-electron chi connectivity index (χ0n) is 17.4. The fourth-order valence-electron chi connectivity index (χ4n) is 4.08. The molecule has 1 amide bonds. The standard InChI is InChI=1S/C26H21N3O3/c1-16-9-8-14-19-22(16)27-25(31)21(24(19)30)15-20-23(17-10-4-2-5-11-17)28-29(26(20)32)18-12-6-3-7-13-18/h2-15,23,28H,1H3,(H2,27,30,31)/b20-15+/t23-/m1/s1. The van der Waals surface area contributed by atoms with E-state index in [1.54, 1.807) is 6.07 Å². The van der Waals surface area contributed by atoms with Gasteiger partial charge >= 0.3 is 0 Å². The first-order valence-corrected chi connectivity index (χ1v) is 10.3. The normalized spacial score (nSPS) is 17.4. The van der Waals surface area contributed by atoms with Crippen LogP contribution in [0.25, 0.3) is 17.0 Å². The highest BCUT2D eigenvalue weighted by Crippen LogP contribution is 2.35. The first-order chi connectivity index (χ1) is 15.5. The van der Waals surface area contributed by atoms with E-state index in [9.17, 15) is 14.7 Å². The first-order valence-electron chi connectivity index (χ1n) is 10.3. The van der Waals surface area contributed by atoms with Crippen molar-refractivity contribution in [3.8, 4) is 5.75 Å². The lowest BCUT2D eigenvalue weighted by atomic mass is 9.97. The first kappa shape index (κ1) is 19.8. The number of hydrogen-bond acceptors (Lipinski definition) is 4. The molecule has 6 nitrogen and oxygen atoms in total. The maximum atomic E-state index is 13.4. The molecule has 0 radical (unpaired) electrons. The Hall–Kier alpha value is -4.16. The zero-order valence-corrected chi connectivity index (χ0v) is 17.4. The molecule has 1 atom stereocenters. The summed E-state index contributed by atoms with van der Waals surface area (Å²) in [6.45, 7) is 1.86. The van der Waals surface area contributed by atoms with E-state index in [4.69, 9.17) is 0 Å². The van der Waals surface area contributed by atoms with Crippen molar-refractivity contribution in [3.05, 3.63) is 111 Å². The molecule has 0 spiro atoms. The summed E-state index contributed by atoms with van der Waals surface area (Å²) in [5, 5.41) is 12.9. The summed E-state index contributed by atoms with van der Waals surface area (Å²) < 4.78 is 0. The molecule has 3 aromatic carbocycles. The van der Waals surface area contributed by atoms with Gasteiger partial charge in [0, 0.05) is 11.0 Å². The van der Waals surface area contributed by atoms with Crippen LogP contribution in [0.1, 0.15) is 22.7 Å². The van der Waals surface area contributed by atoms with Gasteiger partial charge in [0.1, 0.15) is 5.75 Å². The highest BCUT2D eigenvalue weighted by Gasteiger charge is 2.37. The minimum Gasteiger partial charge on any atom is -0.506 e. The fourth-order valence-corrected chi connectivity index (χ4v) is 4.08. The van der Waals surface area contributed by atoms with Crippen LogP contribution in [0, 0.1) is 6.92 Å². The molecule has 158 valence electrons. The zero-order chi connectivity index (χ0) is 22.2. The molecule has 6 heteroatoms. The van der Waals surface area contributed by atoms with Gasteiger partial charge < -0.3 is 10.1 Å². The van der Waals surface area contributed by atoms with Crippen LogP contribution in [0.2, 0.25) is 0 Å². The molecule has 1 aliphatic heterocycles. The molecule has 32 heavy (non-hydrogen) atoms. The summed E-state index contributed by atoms with van der Waals surface area (Å²) >= 11 is 0. The number of para-hydroxylation sites is 2. The van der Waals surface area contributed by atoms with Gasteiger partial charge in [0.15, 0.2) is 0 Å². The van der Waals surface area contributed by atoms with Crippen molar-refractivity contribution in [3.63, 3.8) is 0 Å². The van der Waals surface area contributed by atoms with Crippen LogP contribution in [0.3, 0.4) is 0 Å². The number of anilines is 1. The van der Waals surface area contributed by atoms with E-state index in [1.807, 2.05) is 79.7 Å². The molecule has 0 saturated carbocycles. The minimum atomic E-state index is -0.476. The summed E-state index contributed by atoms with van der Waals surface area (Å²) in [7, 11) is 0.